The minimum Gasteiger partial charge on any atom is -0.329 e. The van der Waals surface area contributed by atoms with Crippen LogP contribution < -0.4 is 0 Å². The van der Waals surface area contributed by atoms with Crippen LogP contribution in [-0.4, -0.2) is 15.1 Å². The van der Waals surface area contributed by atoms with Gasteiger partial charge in [0.15, 0.2) is 0 Å². The number of aromatic nitrogens is 3. The molecular weight excluding hydrogens is 307 g/mol. The van der Waals surface area contributed by atoms with Gasteiger partial charge in [-0.3, -0.25) is 4.98 Å². The van der Waals surface area contributed by atoms with Crippen molar-refractivity contribution >= 4 is 0 Å². The lowest BCUT2D eigenvalue weighted by Gasteiger charge is -2.03. The number of aryl methyl sites for hydroxylation is 1. The average molecular weight is 319 g/mol. The molecule has 3 aromatic rings. The van der Waals surface area contributed by atoms with Gasteiger partial charge in [0.05, 0.1) is 0 Å². The quantitative estimate of drug-likeness (QED) is 0.731. The minimum atomic E-state index is -4.64. The Bertz CT molecular complexity index is 810. The summed E-state index contributed by atoms with van der Waals surface area (Å²) in [6, 6.07) is 10.8. The second-order valence-corrected chi connectivity index (χ2v) is 5.12. The maximum atomic E-state index is 12.5. The lowest BCUT2D eigenvalue weighted by Crippen LogP contribution is -2.04. The maximum Gasteiger partial charge on any atom is 0.471 e. The molecular formula is C16H12F3N3O. The molecule has 0 aliphatic rings. The highest BCUT2D eigenvalue weighted by molar-refractivity contribution is 5.54. The van der Waals surface area contributed by atoms with Crippen molar-refractivity contribution in [1.29, 1.82) is 0 Å². The van der Waals surface area contributed by atoms with Gasteiger partial charge in [-0.2, -0.15) is 18.2 Å². The maximum absolute atomic E-state index is 12.5. The van der Waals surface area contributed by atoms with Crippen molar-refractivity contribution < 1.29 is 17.7 Å². The summed E-state index contributed by atoms with van der Waals surface area (Å²) in [6.45, 7) is 1.99. The second-order valence-electron chi connectivity index (χ2n) is 5.12. The van der Waals surface area contributed by atoms with Gasteiger partial charge in [0.1, 0.15) is 0 Å². The normalized spacial score (nSPS) is 11.7. The van der Waals surface area contributed by atoms with Crippen molar-refractivity contribution in [2.45, 2.75) is 19.5 Å². The number of nitrogens with zero attached hydrogens (tertiary/aromatic N) is 3. The Hall–Kier alpha value is -2.70. The number of halogens is 3. The largest absolute Gasteiger partial charge is 0.471 e. The molecule has 2 heterocycles. The van der Waals surface area contributed by atoms with E-state index < -0.39 is 12.1 Å². The molecule has 0 spiro atoms. The molecule has 0 saturated carbocycles. The third kappa shape index (κ3) is 3.56. The van der Waals surface area contributed by atoms with Crippen molar-refractivity contribution in [3.63, 3.8) is 0 Å². The van der Waals surface area contributed by atoms with Gasteiger partial charge in [-0.15, -0.1) is 0 Å². The molecule has 2 aromatic heterocycles. The van der Waals surface area contributed by atoms with Crippen molar-refractivity contribution in [3.05, 3.63) is 65.3 Å². The van der Waals surface area contributed by atoms with Crippen molar-refractivity contribution in [2.24, 2.45) is 0 Å². The van der Waals surface area contributed by atoms with Crippen LogP contribution in [0.25, 0.3) is 11.4 Å². The smallest absolute Gasteiger partial charge is 0.329 e. The third-order valence-electron chi connectivity index (χ3n) is 3.24. The monoisotopic (exact) mass is 319 g/mol. The summed E-state index contributed by atoms with van der Waals surface area (Å²) in [4.78, 5) is 7.64. The SMILES string of the molecule is Cc1ccnc(Cc2ccc(-c3noc(C(F)(F)F)n3)cc2)c1. The molecule has 23 heavy (non-hydrogen) atoms. The number of rotatable bonds is 3. The van der Waals surface area contributed by atoms with E-state index in [1.165, 1.54) is 0 Å². The molecule has 0 N–H and O–H groups in total. The van der Waals surface area contributed by atoms with E-state index in [1.54, 1.807) is 18.3 Å². The number of hydrogen-bond acceptors (Lipinski definition) is 4. The molecule has 0 amide bonds. The molecule has 118 valence electrons. The Balaban J connectivity index is 1.78. The van der Waals surface area contributed by atoms with Gasteiger partial charge in [0.2, 0.25) is 5.82 Å². The van der Waals surface area contributed by atoms with Gasteiger partial charge in [-0.25, -0.2) is 0 Å². The van der Waals surface area contributed by atoms with Gasteiger partial charge >= 0.3 is 12.1 Å². The molecule has 3 rings (SSSR count). The van der Waals surface area contributed by atoms with Crippen LogP contribution in [0.4, 0.5) is 13.2 Å². The van der Waals surface area contributed by atoms with E-state index >= 15 is 0 Å². The zero-order valence-corrected chi connectivity index (χ0v) is 12.1. The van der Waals surface area contributed by atoms with Crippen LogP contribution in [0.2, 0.25) is 0 Å². The van der Waals surface area contributed by atoms with E-state index in [1.807, 2.05) is 31.2 Å². The highest BCUT2D eigenvalue weighted by atomic mass is 19.4. The number of alkyl halides is 3. The lowest BCUT2D eigenvalue weighted by atomic mass is 10.1. The van der Waals surface area contributed by atoms with Gasteiger partial charge in [0, 0.05) is 23.9 Å². The molecule has 0 bridgehead atoms. The van der Waals surface area contributed by atoms with Crippen molar-refractivity contribution in [2.75, 3.05) is 0 Å². The first kappa shape index (κ1) is 15.2. The van der Waals surface area contributed by atoms with Gasteiger partial charge in [0.25, 0.3) is 0 Å². The molecule has 0 saturated heterocycles. The Kier molecular flexibility index (Phi) is 3.85. The summed E-state index contributed by atoms with van der Waals surface area (Å²) in [5.41, 5.74) is 3.51. The first-order chi connectivity index (χ1) is 10.9. The minimum absolute atomic E-state index is 0.0856. The standard InChI is InChI=1S/C16H12F3N3O/c1-10-6-7-20-13(8-10)9-11-2-4-12(5-3-11)14-21-15(23-22-14)16(17,18)19/h2-8H,9H2,1H3. The first-order valence-corrected chi connectivity index (χ1v) is 6.83. The Labute approximate surface area is 130 Å². The van der Waals surface area contributed by atoms with Gasteiger partial charge in [-0.05, 0) is 30.2 Å². The highest BCUT2D eigenvalue weighted by Crippen LogP contribution is 2.29. The molecule has 0 atom stereocenters. The van der Waals surface area contributed by atoms with E-state index in [9.17, 15) is 13.2 Å². The zero-order chi connectivity index (χ0) is 16.4. The molecule has 4 nitrogen and oxygen atoms in total. The molecule has 0 unspecified atom stereocenters. The number of benzene rings is 1. The topological polar surface area (TPSA) is 51.8 Å². The van der Waals surface area contributed by atoms with E-state index in [4.69, 9.17) is 0 Å². The van der Waals surface area contributed by atoms with Crippen LogP contribution in [0.1, 0.15) is 22.7 Å². The van der Waals surface area contributed by atoms with Crippen LogP contribution in [0.5, 0.6) is 0 Å². The second kappa shape index (κ2) is 5.83. The van der Waals surface area contributed by atoms with E-state index in [0.717, 1.165) is 16.8 Å². The third-order valence-corrected chi connectivity index (χ3v) is 3.24. The Morgan fingerprint density at radius 3 is 2.43 bits per heavy atom. The molecule has 0 fully saturated rings. The van der Waals surface area contributed by atoms with Crippen LogP contribution in [-0.2, 0) is 12.6 Å². The molecule has 0 aliphatic carbocycles. The van der Waals surface area contributed by atoms with Crippen LogP contribution in [0, 0.1) is 6.92 Å². The summed E-state index contributed by atoms with van der Waals surface area (Å²) in [5.74, 6) is -1.43. The number of hydrogen-bond donors (Lipinski definition) is 0. The van der Waals surface area contributed by atoms with Crippen molar-refractivity contribution in [1.82, 2.24) is 15.1 Å². The van der Waals surface area contributed by atoms with Gasteiger partial charge in [-0.1, -0.05) is 29.4 Å². The molecule has 1 aromatic carbocycles. The predicted molar refractivity (Wildman–Crippen MR) is 76.5 cm³/mol. The first-order valence-electron chi connectivity index (χ1n) is 6.83. The van der Waals surface area contributed by atoms with Crippen LogP contribution >= 0.6 is 0 Å². The summed E-state index contributed by atoms with van der Waals surface area (Å²) in [5, 5.41) is 3.36. The van der Waals surface area contributed by atoms with Crippen LogP contribution in [0.15, 0.2) is 47.1 Å². The van der Waals surface area contributed by atoms with E-state index in [0.29, 0.717) is 12.0 Å². The van der Waals surface area contributed by atoms with Crippen LogP contribution in [0.3, 0.4) is 0 Å². The fraction of sp³-hybridized carbons (Fsp3) is 0.188. The fourth-order valence-electron chi connectivity index (χ4n) is 2.13. The Morgan fingerprint density at radius 2 is 1.83 bits per heavy atom. The predicted octanol–water partition coefficient (Wildman–Crippen LogP) is 4.05. The number of pyridine rings is 1. The van der Waals surface area contributed by atoms with E-state index in [2.05, 4.69) is 19.6 Å². The molecule has 0 aliphatic heterocycles. The zero-order valence-electron chi connectivity index (χ0n) is 12.1. The summed E-state index contributed by atoms with van der Waals surface area (Å²) in [7, 11) is 0. The average Bonchev–Trinajstić information content (AvgIpc) is 2.98. The van der Waals surface area contributed by atoms with E-state index in [-0.39, 0.29) is 5.82 Å². The molecule has 0 radical (unpaired) electrons. The summed E-state index contributed by atoms with van der Waals surface area (Å²) < 4.78 is 41.6. The summed E-state index contributed by atoms with van der Waals surface area (Å²) >= 11 is 0. The van der Waals surface area contributed by atoms with Gasteiger partial charge < -0.3 is 4.52 Å². The Morgan fingerprint density at radius 1 is 1.09 bits per heavy atom. The summed E-state index contributed by atoms with van der Waals surface area (Å²) in [6.07, 6.45) is -2.25. The fourth-order valence-corrected chi connectivity index (χ4v) is 2.13. The lowest BCUT2D eigenvalue weighted by molar-refractivity contribution is -0.159. The molecule has 7 heteroatoms. The van der Waals surface area contributed by atoms with Crippen molar-refractivity contribution in [3.8, 4) is 11.4 Å². The highest BCUT2D eigenvalue weighted by Gasteiger charge is 2.38.